The minimum Gasteiger partial charge on any atom is -0.301 e. The van der Waals surface area contributed by atoms with Crippen LogP contribution < -0.4 is 5.32 Å². The molecule has 0 unspecified atom stereocenters. The zero-order valence-corrected chi connectivity index (χ0v) is 15.1. The summed E-state index contributed by atoms with van der Waals surface area (Å²) in [5.41, 5.74) is 1.06. The van der Waals surface area contributed by atoms with Crippen molar-refractivity contribution in [1.29, 1.82) is 0 Å². The lowest BCUT2D eigenvalue weighted by atomic mass is 10.2. The second-order valence-corrected chi connectivity index (χ2v) is 7.58. The molecular weight excluding hydrogens is 361 g/mol. The van der Waals surface area contributed by atoms with E-state index in [-0.39, 0.29) is 5.91 Å². The van der Waals surface area contributed by atoms with Gasteiger partial charge in [0.1, 0.15) is 0 Å². The molecule has 1 N–H and O–H groups in total. The van der Waals surface area contributed by atoms with Crippen LogP contribution in [0.2, 0.25) is 10.0 Å². The number of carbonyl (C=O) groups is 1. The van der Waals surface area contributed by atoms with Crippen molar-refractivity contribution in [2.24, 2.45) is 0 Å². The lowest BCUT2D eigenvalue weighted by Gasteiger charge is -2.01. The molecule has 2 aromatic rings. The van der Waals surface area contributed by atoms with Crippen LogP contribution in [0.15, 0.2) is 22.5 Å². The van der Waals surface area contributed by atoms with Gasteiger partial charge < -0.3 is 5.32 Å². The molecule has 0 spiro atoms. The highest BCUT2D eigenvalue weighted by molar-refractivity contribution is 8.00. The van der Waals surface area contributed by atoms with Crippen molar-refractivity contribution in [2.75, 3.05) is 5.32 Å². The minimum atomic E-state index is -0.0148. The number of hydrogen-bond acceptors (Lipinski definition) is 5. The fourth-order valence-corrected chi connectivity index (χ4v) is 3.64. The summed E-state index contributed by atoms with van der Waals surface area (Å²) in [7, 11) is 0. The predicted molar refractivity (Wildman–Crippen MR) is 94.1 cm³/mol. The lowest BCUT2D eigenvalue weighted by molar-refractivity contribution is -0.116. The Morgan fingerprint density at radius 2 is 2.14 bits per heavy atom. The monoisotopic (exact) mass is 375 g/mol. The molecular formula is C14H15Cl2N3OS2. The third-order valence-electron chi connectivity index (χ3n) is 2.76. The lowest BCUT2D eigenvalue weighted by Crippen LogP contribution is -2.10. The summed E-state index contributed by atoms with van der Waals surface area (Å²) in [5.74, 6) is 0.703. The number of rotatable bonds is 7. The molecule has 0 saturated carbocycles. The smallest absolute Gasteiger partial charge is 0.226 e. The molecule has 0 aliphatic rings. The minimum absolute atomic E-state index is 0.0148. The molecule has 8 heteroatoms. The fraction of sp³-hybridized carbons (Fsp3) is 0.357. The average Bonchev–Trinajstić information content (AvgIpc) is 2.94. The zero-order chi connectivity index (χ0) is 15.9. The first-order valence-electron chi connectivity index (χ1n) is 6.78. The largest absolute Gasteiger partial charge is 0.301 e. The molecule has 0 radical (unpaired) electrons. The van der Waals surface area contributed by atoms with E-state index in [1.807, 2.05) is 12.1 Å². The number of thioether (sulfide) groups is 1. The van der Waals surface area contributed by atoms with E-state index in [4.69, 9.17) is 23.2 Å². The number of hydrogen-bond donors (Lipinski definition) is 1. The molecule has 1 aromatic heterocycles. The number of aromatic nitrogens is 2. The first kappa shape index (κ1) is 17.5. The highest BCUT2D eigenvalue weighted by Crippen LogP contribution is 2.30. The van der Waals surface area contributed by atoms with E-state index < -0.39 is 0 Å². The number of unbranched alkanes of at least 4 members (excludes halogenated alkanes) is 1. The van der Waals surface area contributed by atoms with Crippen molar-refractivity contribution < 1.29 is 4.79 Å². The fourth-order valence-electron chi connectivity index (χ4n) is 1.61. The highest BCUT2D eigenvalue weighted by Gasteiger charge is 2.09. The predicted octanol–water partition coefficient (Wildman–Crippen LogP) is 5.27. The SMILES string of the molecule is CCCCC(=O)Nc1nnc(SCc2ccc(Cl)c(Cl)c2)s1. The van der Waals surface area contributed by atoms with Crippen LogP contribution in [0.3, 0.4) is 0 Å². The summed E-state index contributed by atoms with van der Waals surface area (Å²) in [6, 6.07) is 5.54. The van der Waals surface area contributed by atoms with Crippen molar-refractivity contribution in [3.05, 3.63) is 33.8 Å². The number of halogens is 2. The van der Waals surface area contributed by atoms with Crippen LogP contribution in [0.1, 0.15) is 31.7 Å². The topological polar surface area (TPSA) is 54.9 Å². The summed E-state index contributed by atoms with van der Waals surface area (Å²) >= 11 is 14.8. The van der Waals surface area contributed by atoms with Crippen LogP contribution in [-0.2, 0) is 10.5 Å². The third-order valence-corrected chi connectivity index (χ3v) is 5.54. The number of amides is 1. The molecule has 2 rings (SSSR count). The summed E-state index contributed by atoms with van der Waals surface area (Å²) in [6.45, 7) is 2.05. The van der Waals surface area contributed by atoms with Gasteiger partial charge in [0.05, 0.1) is 10.0 Å². The Bertz CT molecular complexity index is 649. The van der Waals surface area contributed by atoms with Gasteiger partial charge >= 0.3 is 0 Å². The van der Waals surface area contributed by atoms with Crippen molar-refractivity contribution in [2.45, 2.75) is 36.3 Å². The normalized spacial score (nSPS) is 10.7. The highest BCUT2D eigenvalue weighted by atomic mass is 35.5. The standard InChI is InChI=1S/C14H15Cl2N3OS2/c1-2-3-4-12(20)17-13-18-19-14(22-13)21-8-9-5-6-10(15)11(16)7-9/h5-7H,2-4,8H2,1H3,(H,17,18,20). The van der Waals surface area contributed by atoms with Crippen molar-refractivity contribution in [3.63, 3.8) is 0 Å². The van der Waals surface area contributed by atoms with Gasteiger partial charge in [0.15, 0.2) is 4.34 Å². The Labute approximate surface area is 147 Å². The van der Waals surface area contributed by atoms with Crippen LogP contribution in [0.25, 0.3) is 0 Å². The Morgan fingerprint density at radius 1 is 1.32 bits per heavy atom. The van der Waals surface area contributed by atoms with E-state index in [9.17, 15) is 4.79 Å². The maximum absolute atomic E-state index is 11.6. The number of nitrogens with zero attached hydrogens (tertiary/aromatic N) is 2. The molecule has 1 amide bonds. The van der Waals surface area contributed by atoms with Crippen molar-refractivity contribution >= 4 is 57.3 Å². The molecule has 0 aliphatic carbocycles. The molecule has 0 bridgehead atoms. The van der Waals surface area contributed by atoms with Gasteiger partial charge in [-0.1, -0.05) is 65.7 Å². The quantitative estimate of drug-likeness (QED) is 0.529. The van der Waals surface area contributed by atoms with E-state index in [0.717, 1.165) is 28.5 Å². The van der Waals surface area contributed by atoms with Crippen LogP contribution in [0.5, 0.6) is 0 Å². The van der Waals surface area contributed by atoms with E-state index in [1.165, 1.54) is 11.3 Å². The summed E-state index contributed by atoms with van der Waals surface area (Å²) in [5, 5.41) is 12.4. The molecule has 118 valence electrons. The molecule has 0 saturated heterocycles. The van der Waals surface area contributed by atoms with Gasteiger partial charge in [-0.15, -0.1) is 10.2 Å². The van der Waals surface area contributed by atoms with Gasteiger partial charge in [-0.3, -0.25) is 4.79 Å². The molecule has 22 heavy (non-hydrogen) atoms. The van der Waals surface area contributed by atoms with Gasteiger partial charge in [-0.05, 0) is 24.1 Å². The molecule has 1 aromatic carbocycles. The number of benzene rings is 1. The number of anilines is 1. The summed E-state index contributed by atoms with van der Waals surface area (Å²) < 4.78 is 0.803. The zero-order valence-electron chi connectivity index (χ0n) is 11.9. The van der Waals surface area contributed by atoms with Crippen LogP contribution in [-0.4, -0.2) is 16.1 Å². The summed E-state index contributed by atoms with van der Waals surface area (Å²) in [4.78, 5) is 11.6. The molecule has 0 atom stereocenters. The van der Waals surface area contributed by atoms with Crippen LogP contribution in [0, 0.1) is 0 Å². The van der Waals surface area contributed by atoms with E-state index in [0.29, 0.717) is 21.6 Å². The molecule has 0 aliphatic heterocycles. The Morgan fingerprint density at radius 3 is 2.86 bits per heavy atom. The van der Waals surface area contributed by atoms with Gasteiger partial charge in [-0.25, -0.2) is 0 Å². The average molecular weight is 376 g/mol. The first-order chi connectivity index (χ1) is 10.6. The van der Waals surface area contributed by atoms with Gasteiger partial charge in [0, 0.05) is 12.2 Å². The summed E-state index contributed by atoms with van der Waals surface area (Å²) in [6.07, 6.45) is 2.39. The number of carbonyl (C=O) groups excluding carboxylic acids is 1. The Balaban J connectivity index is 1.86. The second kappa shape index (κ2) is 8.72. The van der Waals surface area contributed by atoms with Crippen molar-refractivity contribution in [3.8, 4) is 0 Å². The molecule has 0 fully saturated rings. The van der Waals surface area contributed by atoms with E-state index in [1.54, 1.807) is 17.8 Å². The van der Waals surface area contributed by atoms with E-state index in [2.05, 4.69) is 22.4 Å². The first-order valence-corrected chi connectivity index (χ1v) is 9.34. The van der Waals surface area contributed by atoms with E-state index >= 15 is 0 Å². The maximum atomic E-state index is 11.6. The maximum Gasteiger partial charge on any atom is 0.226 e. The molecule has 4 nitrogen and oxygen atoms in total. The number of nitrogens with one attached hydrogen (secondary N) is 1. The molecule has 1 heterocycles. The van der Waals surface area contributed by atoms with Gasteiger partial charge in [0.2, 0.25) is 11.0 Å². The van der Waals surface area contributed by atoms with Gasteiger partial charge in [-0.2, -0.15) is 0 Å². The second-order valence-electron chi connectivity index (χ2n) is 4.56. The van der Waals surface area contributed by atoms with Gasteiger partial charge in [0.25, 0.3) is 0 Å². The Hall–Kier alpha value is -0.820. The van der Waals surface area contributed by atoms with Crippen molar-refractivity contribution in [1.82, 2.24) is 10.2 Å². The van der Waals surface area contributed by atoms with Crippen LogP contribution in [0.4, 0.5) is 5.13 Å². The van der Waals surface area contributed by atoms with Crippen LogP contribution >= 0.6 is 46.3 Å². The Kier molecular flexibility index (Phi) is 6.95. The third kappa shape index (κ3) is 5.43.